The minimum Gasteiger partial charge on any atom is -0.460 e. The van der Waals surface area contributed by atoms with Crippen LogP contribution in [-0.4, -0.2) is 17.6 Å². The van der Waals surface area contributed by atoms with E-state index in [9.17, 15) is 4.79 Å². The van der Waals surface area contributed by atoms with Crippen molar-refractivity contribution in [1.82, 2.24) is 0 Å². The van der Waals surface area contributed by atoms with Gasteiger partial charge in [0.05, 0.1) is 6.42 Å². The largest absolute Gasteiger partial charge is 0.460 e. The molecule has 2 aromatic carbocycles. The lowest BCUT2D eigenvalue weighted by atomic mass is 10.0. The number of esters is 1. The van der Waals surface area contributed by atoms with E-state index in [4.69, 9.17) is 10.5 Å². The first-order chi connectivity index (χ1) is 9.83. The van der Waals surface area contributed by atoms with Gasteiger partial charge >= 0.3 is 5.97 Å². The molecule has 21 heavy (non-hydrogen) atoms. The zero-order valence-electron chi connectivity index (χ0n) is 12.9. The summed E-state index contributed by atoms with van der Waals surface area (Å²) in [5, 5.41) is 2.40. The van der Waals surface area contributed by atoms with Crippen LogP contribution in [0.1, 0.15) is 32.8 Å². The van der Waals surface area contributed by atoms with Gasteiger partial charge in [-0.05, 0) is 43.5 Å². The lowest BCUT2D eigenvalue weighted by molar-refractivity contribution is -0.155. The predicted octanol–water partition coefficient (Wildman–Crippen LogP) is 3.44. The van der Waals surface area contributed by atoms with Gasteiger partial charge in [-0.15, -0.1) is 0 Å². The molecule has 2 rings (SSSR count). The van der Waals surface area contributed by atoms with E-state index in [-0.39, 0.29) is 18.4 Å². The lowest BCUT2D eigenvalue weighted by Crippen LogP contribution is -2.31. The van der Waals surface area contributed by atoms with E-state index in [1.807, 2.05) is 32.9 Å². The first-order valence-corrected chi connectivity index (χ1v) is 7.28. The van der Waals surface area contributed by atoms with E-state index < -0.39 is 5.60 Å². The summed E-state index contributed by atoms with van der Waals surface area (Å²) in [6.07, 6.45) is 0.911. The van der Waals surface area contributed by atoms with Crippen molar-refractivity contribution in [3.63, 3.8) is 0 Å². The molecule has 0 heterocycles. The summed E-state index contributed by atoms with van der Waals surface area (Å²) in [5.41, 5.74) is 6.75. The number of benzene rings is 2. The standard InChI is InChI=1S/C18H23NO2/c1-18(2,3)21-17(20)12-16(19)11-13-8-9-14-6-4-5-7-15(14)10-13/h4-10,16H,11-12,19H2,1-3H3/t16-/m1/s1. The van der Waals surface area contributed by atoms with Crippen LogP contribution >= 0.6 is 0 Å². The van der Waals surface area contributed by atoms with Crippen molar-refractivity contribution in [1.29, 1.82) is 0 Å². The molecule has 0 fully saturated rings. The molecule has 0 radical (unpaired) electrons. The Morgan fingerprint density at radius 1 is 1.14 bits per heavy atom. The van der Waals surface area contributed by atoms with Gasteiger partial charge in [-0.25, -0.2) is 0 Å². The molecule has 2 aromatic rings. The van der Waals surface area contributed by atoms with Crippen molar-refractivity contribution >= 4 is 16.7 Å². The molecular weight excluding hydrogens is 262 g/mol. The van der Waals surface area contributed by atoms with Crippen LogP contribution in [-0.2, 0) is 16.0 Å². The van der Waals surface area contributed by atoms with Gasteiger partial charge < -0.3 is 10.5 Å². The summed E-state index contributed by atoms with van der Waals surface area (Å²) < 4.78 is 5.30. The molecule has 0 aliphatic rings. The summed E-state index contributed by atoms with van der Waals surface area (Å²) in [4.78, 5) is 11.8. The fourth-order valence-electron chi connectivity index (χ4n) is 2.34. The fourth-order valence-corrected chi connectivity index (χ4v) is 2.34. The van der Waals surface area contributed by atoms with Crippen LogP contribution in [0.15, 0.2) is 42.5 Å². The molecule has 2 N–H and O–H groups in total. The van der Waals surface area contributed by atoms with Gasteiger partial charge in [0.15, 0.2) is 0 Å². The van der Waals surface area contributed by atoms with Gasteiger partial charge in [0.25, 0.3) is 0 Å². The Labute approximate surface area is 126 Å². The van der Waals surface area contributed by atoms with E-state index in [1.54, 1.807) is 0 Å². The third kappa shape index (κ3) is 4.87. The molecule has 112 valence electrons. The van der Waals surface area contributed by atoms with Crippen LogP contribution in [0.25, 0.3) is 10.8 Å². The van der Waals surface area contributed by atoms with Crippen LogP contribution in [0.4, 0.5) is 0 Å². The number of ether oxygens (including phenoxy) is 1. The molecule has 0 saturated carbocycles. The highest BCUT2D eigenvalue weighted by Gasteiger charge is 2.18. The average Bonchev–Trinajstić information content (AvgIpc) is 2.35. The lowest BCUT2D eigenvalue weighted by Gasteiger charge is -2.21. The Hall–Kier alpha value is -1.87. The van der Waals surface area contributed by atoms with Gasteiger partial charge in [0.1, 0.15) is 5.60 Å². The summed E-state index contributed by atoms with van der Waals surface area (Å²) in [6.45, 7) is 5.58. The van der Waals surface area contributed by atoms with Crippen LogP contribution < -0.4 is 5.73 Å². The molecule has 0 saturated heterocycles. The number of carbonyl (C=O) groups excluding carboxylic acids is 1. The molecule has 3 heteroatoms. The minimum absolute atomic E-state index is 0.221. The molecule has 0 unspecified atom stereocenters. The maximum absolute atomic E-state index is 11.8. The van der Waals surface area contributed by atoms with Crippen molar-refractivity contribution in [2.24, 2.45) is 5.73 Å². The summed E-state index contributed by atoms with van der Waals surface area (Å²) in [5.74, 6) is -0.240. The van der Waals surface area contributed by atoms with E-state index in [2.05, 4.69) is 30.3 Å². The summed E-state index contributed by atoms with van der Waals surface area (Å²) in [7, 11) is 0. The van der Waals surface area contributed by atoms with Crippen LogP contribution in [0.3, 0.4) is 0 Å². The van der Waals surface area contributed by atoms with Crippen molar-refractivity contribution in [2.45, 2.75) is 45.3 Å². The van der Waals surface area contributed by atoms with Gasteiger partial charge in [0, 0.05) is 6.04 Å². The Morgan fingerprint density at radius 2 is 1.81 bits per heavy atom. The molecule has 0 spiro atoms. The van der Waals surface area contributed by atoms with Gasteiger partial charge in [-0.3, -0.25) is 4.79 Å². The van der Waals surface area contributed by atoms with Crippen molar-refractivity contribution < 1.29 is 9.53 Å². The number of hydrogen-bond acceptors (Lipinski definition) is 3. The topological polar surface area (TPSA) is 52.3 Å². The SMILES string of the molecule is CC(C)(C)OC(=O)C[C@H](N)Cc1ccc2ccccc2c1. The number of rotatable bonds is 4. The Bertz CT molecular complexity index is 628. The molecule has 0 bridgehead atoms. The van der Waals surface area contributed by atoms with E-state index in [1.165, 1.54) is 10.8 Å². The van der Waals surface area contributed by atoms with Gasteiger partial charge in [-0.2, -0.15) is 0 Å². The van der Waals surface area contributed by atoms with Crippen molar-refractivity contribution in [3.8, 4) is 0 Å². The number of nitrogens with two attached hydrogens (primary N) is 1. The Balaban J connectivity index is 1.98. The highest BCUT2D eigenvalue weighted by molar-refractivity contribution is 5.83. The second-order valence-electron chi connectivity index (χ2n) is 6.44. The zero-order valence-corrected chi connectivity index (χ0v) is 12.9. The van der Waals surface area contributed by atoms with Gasteiger partial charge in [-0.1, -0.05) is 42.5 Å². The normalized spacial score (nSPS) is 13.1. The molecule has 0 amide bonds. The third-order valence-electron chi connectivity index (χ3n) is 3.16. The highest BCUT2D eigenvalue weighted by Crippen LogP contribution is 2.17. The molecule has 0 aliphatic heterocycles. The Kier molecular flexibility index (Phi) is 4.63. The molecule has 0 aliphatic carbocycles. The van der Waals surface area contributed by atoms with E-state index >= 15 is 0 Å². The monoisotopic (exact) mass is 285 g/mol. The third-order valence-corrected chi connectivity index (χ3v) is 3.16. The molecular formula is C18H23NO2. The van der Waals surface area contributed by atoms with Crippen molar-refractivity contribution in [2.75, 3.05) is 0 Å². The summed E-state index contributed by atoms with van der Waals surface area (Å²) >= 11 is 0. The second kappa shape index (κ2) is 6.27. The van der Waals surface area contributed by atoms with E-state index in [0.717, 1.165) is 5.56 Å². The molecule has 0 aromatic heterocycles. The number of hydrogen-bond donors (Lipinski definition) is 1. The van der Waals surface area contributed by atoms with Gasteiger partial charge in [0.2, 0.25) is 0 Å². The fraction of sp³-hybridized carbons (Fsp3) is 0.389. The maximum Gasteiger partial charge on any atom is 0.307 e. The highest BCUT2D eigenvalue weighted by atomic mass is 16.6. The van der Waals surface area contributed by atoms with Crippen LogP contribution in [0.5, 0.6) is 0 Å². The van der Waals surface area contributed by atoms with Crippen LogP contribution in [0, 0.1) is 0 Å². The smallest absolute Gasteiger partial charge is 0.307 e. The Morgan fingerprint density at radius 3 is 2.48 bits per heavy atom. The molecule has 1 atom stereocenters. The number of fused-ring (bicyclic) bond motifs is 1. The van der Waals surface area contributed by atoms with Crippen LogP contribution in [0.2, 0.25) is 0 Å². The summed E-state index contributed by atoms with van der Waals surface area (Å²) in [6, 6.07) is 14.3. The maximum atomic E-state index is 11.8. The predicted molar refractivity (Wildman–Crippen MR) is 86.1 cm³/mol. The number of carbonyl (C=O) groups is 1. The molecule has 3 nitrogen and oxygen atoms in total. The van der Waals surface area contributed by atoms with E-state index in [0.29, 0.717) is 6.42 Å². The second-order valence-corrected chi connectivity index (χ2v) is 6.44. The first kappa shape index (κ1) is 15.5. The first-order valence-electron chi connectivity index (χ1n) is 7.28. The average molecular weight is 285 g/mol. The quantitative estimate of drug-likeness (QED) is 0.875. The van der Waals surface area contributed by atoms with Crippen molar-refractivity contribution in [3.05, 3.63) is 48.0 Å². The minimum atomic E-state index is -0.459. The zero-order chi connectivity index (χ0) is 15.5.